The Bertz CT molecular complexity index is 586. The standard InChI is InChI=1S/C19H27BrN2O3/c1-19(2,3)25-18(23)22-12-14-10-21(11-15(14)13-22)8-9-24-17-6-4-16(20)5-7-17/h4-7,14-15H,8-13H2,1-3H3. The predicted octanol–water partition coefficient (Wildman–Crippen LogP) is 3.63. The van der Waals surface area contributed by atoms with Crippen LogP contribution in [0.5, 0.6) is 5.75 Å². The third-order valence-corrected chi connectivity index (χ3v) is 5.23. The van der Waals surface area contributed by atoms with Crippen LogP contribution in [0.4, 0.5) is 4.79 Å². The van der Waals surface area contributed by atoms with E-state index in [4.69, 9.17) is 9.47 Å². The SMILES string of the molecule is CC(C)(C)OC(=O)N1CC2CN(CCOc3ccc(Br)cc3)CC2C1. The topological polar surface area (TPSA) is 42.0 Å². The van der Waals surface area contributed by atoms with Crippen molar-refractivity contribution in [1.82, 2.24) is 9.80 Å². The summed E-state index contributed by atoms with van der Waals surface area (Å²) in [5.41, 5.74) is -0.425. The fourth-order valence-corrected chi connectivity index (χ4v) is 3.84. The Morgan fingerprint density at radius 3 is 2.28 bits per heavy atom. The number of hydrogen-bond acceptors (Lipinski definition) is 4. The molecule has 0 N–H and O–H groups in total. The first-order valence-electron chi connectivity index (χ1n) is 8.89. The molecule has 0 spiro atoms. The van der Waals surface area contributed by atoms with Crippen LogP contribution in [-0.4, -0.2) is 60.8 Å². The zero-order valence-corrected chi connectivity index (χ0v) is 16.8. The predicted molar refractivity (Wildman–Crippen MR) is 101 cm³/mol. The lowest BCUT2D eigenvalue weighted by Gasteiger charge is -2.26. The summed E-state index contributed by atoms with van der Waals surface area (Å²) in [7, 11) is 0. The van der Waals surface area contributed by atoms with Crippen LogP contribution >= 0.6 is 15.9 Å². The number of amides is 1. The van der Waals surface area contributed by atoms with Gasteiger partial charge in [0.25, 0.3) is 0 Å². The van der Waals surface area contributed by atoms with Crippen molar-refractivity contribution in [3.8, 4) is 5.75 Å². The molecule has 1 aromatic rings. The van der Waals surface area contributed by atoms with Crippen molar-refractivity contribution >= 4 is 22.0 Å². The first kappa shape index (κ1) is 18.5. The summed E-state index contributed by atoms with van der Waals surface area (Å²) in [5.74, 6) is 2.01. The summed E-state index contributed by atoms with van der Waals surface area (Å²) < 4.78 is 12.4. The molecule has 0 aromatic heterocycles. The van der Waals surface area contributed by atoms with E-state index in [2.05, 4.69) is 20.8 Å². The summed E-state index contributed by atoms with van der Waals surface area (Å²) in [4.78, 5) is 16.5. The second-order valence-corrected chi connectivity index (χ2v) is 8.88. The van der Waals surface area contributed by atoms with Gasteiger partial charge in [0.1, 0.15) is 18.0 Å². The highest BCUT2D eigenvalue weighted by molar-refractivity contribution is 9.10. The van der Waals surface area contributed by atoms with E-state index in [1.54, 1.807) is 0 Å². The van der Waals surface area contributed by atoms with Crippen LogP contribution < -0.4 is 4.74 Å². The highest BCUT2D eigenvalue weighted by Crippen LogP contribution is 2.31. The van der Waals surface area contributed by atoms with Gasteiger partial charge in [-0.3, -0.25) is 4.90 Å². The maximum atomic E-state index is 12.2. The number of likely N-dealkylation sites (tertiary alicyclic amines) is 2. The maximum absolute atomic E-state index is 12.2. The van der Waals surface area contributed by atoms with Crippen LogP contribution in [0.3, 0.4) is 0 Å². The first-order chi connectivity index (χ1) is 11.8. The Kier molecular flexibility index (Phi) is 5.58. The highest BCUT2D eigenvalue weighted by Gasteiger charge is 2.42. The lowest BCUT2D eigenvalue weighted by atomic mass is 10.0. The molecule has 138 valence electrons. The molecule has 2 atom stereocenters. The minimum absolute atomic E-state index is 0.174. The number of benzene rings is 1. The molecule has 0 aliphatic carbocycles. The van der Waals surface area contributed by atoms with Crippen molar-refractivity contribution in [3.05, 3.63) is 28.7 Å². The number of hydrogen-bond donors (Lipinski definition) is 0. The van der Waals surface area contributed by atoms with Crippen LogP contribution in [0.2, 0.25) is 0 Å². The van der Waals surface area contributed by atoms with E-state index in [9.17, 15) is 4.79 Å². The number of fused-ring (bicyclic) bond motifs is 1. The van der Waals surface area contributed by atoms with Crippen molar-refractivity contribution in [1.29, 1.82) is 0 Å². The molecular weight excluding hydrogens is 384 g/mol. The van der Waals surface area contributed by atoms with Gasteiger partial charge in [-0.1, -0.05) is 15.9 Å². The molecule has 2 unspecified atom stereocenters. The fourth-order valence-electron chi connectivity index (χ4n) is 3.57. The Morgan fingerprint density at radius 1 is 1.12 bits per heavy atom. The largest absolute Gasteiger partial charge is 0.492 e. The van der Waals surface area contributed by atoms with Crippen molar-refractivity contribution in [2.24, 2.45) is 11.8 Å². The van der Waals surface area contributed by atoms with Crippen molar-refractivity contribution < 1.29 is 14.3 Å². The van der Waals surface area contributed by atoms with Gasteiger partial charge in [0.05, 0.1) is 0 Å². The maximum Gasteiger partial charge on any atom is 0.410 e. The molecule has 25 heavy (non-hydrogen) atoms. The normalized spacial score (nSPS) is 23.6. The molecule has 2 heterocycles. The highest BCUT2D eigenvalue weighted by atomic mass is 79.9. The van der Waals surface area contributed by atoms with Gasteiger partial charge in [0.2, 0.25) is 0 Å². The third-order valence-electron chi connectivity index (χ3n) is 4.70. The van der Waals surface area contributed by atoms with Crippen molar-refractivity contribution in [2.45, 2.75) is 26.4 Å². The van der Waals surface area contributed by atoms with E-state index >= 15 is 0 Å². The number of ether oxygens (including phenoxy) is 2. The molecule has 5 nitrogen and oxygen atoms in total. The van der Waals surface area contributed by atoms with Crippen molar-refractivity contribution in [2.75, 3.05) is 39.3 Å². The molecule has 0 radical (unpaired) electrons. The second kappa shape index (κ2) is 7.54. The second-order valence-electron chi connectivity index (χ2n) is 7.97. The third kappa shape index (κ3) is 5.11. The fraction of sp³-hybridized carbons (Fsp3) is 0.632. The van der Waals surface area contributed by atoms with Crippen LogP contribution in [0.25, 0.3) is 0 Å². The average molecular weight is 411 g/mol. The molecule has 1 aromatic carbocycles. The van der Waals surface area contributed by atoms with Gasteiger partial charge >= 0.3 is 6.09 Å². The summed E-state index contributed by atoms with van der Waals surface area (Å²) in [5, 5.41) is 0. The first-order valence-corrected chi connectivity index (χ1v) is 9.68. The lowest BCUT2D eigenvalue weighted by molar-refractivity contribution is 0.0273. The molecule has 1 amide bonds. The number of carbonyl (C=O) groups is 1. The zero-order chi connectivity index (χ0) is 18.0. The van der Waals surface area contributed by atoms with E-state index in [1.807, 2.05) is 49.9 Å². The molecule has 0 bridgehead atoms. The van der Waals surface area contributed by atoms with Gasteiger partial charge < -0.3 is 14.4 Å². The summed E-state index contributed by atoms with van der Waals surface area (Å²) in [6, 6.07) is 7.92. The minimum Gasteiger partial charge on any atom is -0.492 e. The van der Waals surface area contributed by atoms with Gasteiger partial charge in [-0.2, -0.15) is 0 Å². The van der Waals surface area contributed by atoms with Gasteiger partial charge in [-0.05, 0) is 56.9 Å². The van der Waals surface area contributed by atoms with E-state index in [0.717, 1.165) is 42.9 Å². The number of carbonyl (C=O) groups excluding carboxylic acids is 1. The quantitative estimate of drug-likeness (QED) is 0.759. The minimum atomic E-state index is -0.425. The van der Waals surface area contributed by atoms with Gasteiger partial charge in [-0.15, -0.1) is 0 Å². The van der Waals surface area contributed by atoms with Gasteiger partial charge in [0.15, 0.2) is 0 Å². The summed E-state index contributed by atoms with van der Waals surface area (Å²) >= 11 is 3.43. The van der Waals surface area contributed by atoms with Crippen LogP contribution in [0.1, 0.15) is 20.8 Å². The molecule has 6 heteroatoms. The number of rotatable bonds is 4. The lowest BCUT2D eigenvalue weighted by Crippen LogP contribution is -2.38. The Morgan fingerprint density at radius 2 is 1.72 bits per heavy atom. The van der Waals surface area contributed by atoms with Crippen LogP contribution in [0.15, 0.2) is 28.7 Å². The van der Waals surface area contributed by atoms with Gasteiger partial charge in [0, 0.05) is 37.2 Å². The number of halogens is 1. The number of nitrogens with zero attached hydrogens (tertiary/aromatic N) is 2. The Balaban J connectivity index is 1.39. The monoisotopic (exact) mass is 410 g/mol. The molecule has 3 rings (SSSR count). The molecule has 2 fully saturated rings. The molecule has 0 saturated carbocycles. The smallest absolute Gasteiger partial charge is 0.410 e. The van der Waals surface area contributed by atoms with E-state index in [-0.39, 0.29) is 6.09 Å². The van der Waals surface area contributed by atoms with Crippen LogP contribution in [-0.2, 0) is 4.74 Å². The molecule has 2 aliphatic rings. The molecule has 2 aliphatic heterocycles. The molecule has 2 saturated heterocycles. The van der Waals surface area contributed by atoms with Gasteiger partial charge in [-0.25, -0.2) is 4.79 Å². The van der Waals surface area contributed by atoms with Crippen molar-refractivity contribution in [3.63, 3.8) is 0 Å². The average Bonchev–Trinajstić information content (AvgIpc) is 3.06. The van der Waals surface area contributed by atoms with E-state index in [1.165, 1.54) is 0 Å². The van der Waals surface area contributed by atoms with E-state index < -0.39 is 5.60 Å². The van der Waals surface area contributed by atoms with Crippen LogP contribution in [0, 0.1) is 11.8 Å². The summed E-state index contributed by atoms with van der Waals surface area (Å²) in [6.07, 6.45) is -0.174. The summed E-state index contributed by atoms with van der Waals surface area (Å²) in [6.45, 7) is 11.0. The zero-order valence-electron chi connectivity index (χ0n) is 15.2. The Labute approximate surface area is 158 Å². The molecular formula is C19H27BrN2O3. The Hall–Kier alpha value is -1.27. The van der Waals surface area contributed by atoms with E-state index in [0.29, 0.717) is 18.4 Å².